The third-order valence-corrected chi connectivity index (χ3v) is 3.90. The zero-order valence-electron chi connectivity index (χ0n) is 13.2. The van der Waals surface area contributed by atoms with Gasteiger partial charge < -0.3 is 9.64 Å². The van der Waals surface area contributed by atoms with Gasteiger partial charge in [0.2, 0.25) is 5.91 Å². The van der Waals surface area contributed by atoms with Gasteiger partial charge in [0.15, 0.2) is 5.15 Å². The topological polar surface area (TPSA) is 66.2 Å². The fraction of sp³-hybridized carbons (Fsp3) is 0.235. The maximum absolute atomic E-state index is 11.6. The molecule has 124 valence electrons. The maximum Gasteiger partial charge on any atom is 0.222 e. The highest BCUT2D eigenvalue weighted by atomic mass is 35.5. The van der Waals surface area contributed by atoms with Crippen LogP contribution in [-0.2, 0) is 11.2 Å². The SMILES string of the molecule is CN(C)C(=O)CCc1ccc(Oc2ccnc(Cl)c2C#N)c(Cl)c1. The Morgan fingerprint density at radius 3 is 2.67 bits per heavy atom. The van der Waals surface area contributed by atoms with E-state index in [2.05, 4.69) is 4.98 Å². The van der Waals surface area contributed by atoms with Crippen LogP contribution >= 0.6 is 23.2 Å². The van der Waals surface area contributed by atoms with E-state index in [1.165, 1.54) is 6.20 Å². The van der Waals surface area contributed by atoms with E-state index in [9.17, 15) is 4.79 Å². The van der Waals surface area contributed by atoms with E-state index in [4.69, 9.17) is 33.2 Å². The predicted molar refractivity (Wildman–Crippen MR) is 92.5 cm³/mol. The lowest BCUT2D eigenvalue weighted by Crippen LogP contribution is -2.21. The van der Waals surface area contributed by atoms with Crippen molar-refractivity contribution < 1.29 is 9.53 Å². The number of nitriles is 1. The first-order chi connectivity index (χ1) is 11.4. The largest absolute Gasteiger partial charge is 0.454 e. The molecule has 0 unspecified atom stereocenters. The van der Waals surface area contributed by atoms with Crippen LogP contribution in [-0.4, -0.2) is 29.9 Å². The molecule has 0 atom stereocenters. The first-order valence-corrected chi connectivity index (χ1v) is 7.89. The Hall–Kier alpha value is -2.29. The van der Waals surface area contributed by atoms with Gasteiger partial charge in [-0.1, -0.05) is 29.3 Å². The summed E-state index contributed by atoms with van der Waals surface area (Å²) in [5, 5.41) is 9.60. The van der Waals surface area contributed by atoms with Crippen molar-refractivity contribution in [3.8, 4) is 17.6 Å². The number of aryl methyl sites for hydroxylation is 1. The van der Waals surface area contributed by atoms with Crippen LogP contribution in [0.3, 0.4) is 0 Å². The highest BCUT2D eigenvalue weighted by molar-refractivity contribution is 6.32. The molecular weight excluding hydrogens is 349 g/mol. The van der Waals surface area contributed by atoms with E-state index in [0.29, 0.717) is 23.6 Å². The number of amides is 1. The summed E-state index contributed by atoms with van der Waals surface area (Å²) in [6.07, 6.45) is 2.44. The molecule has 0 aliphatic rings. The van der Waals surface area contributed by atoms with E-state index in [1.807, 2.05) is 12.1 Å². The lowest BCUT2D eigenvalue weighted by molar-refractivity contribution is -0.128. The number of benzene rings is 1. The Morgan fingerprint density at radius 2 is 2.04 bits per heavy atom. The van der Waals surface area contributed by atoms with Gasteiger partial charge in [-0.25, -0.2) is 4.98 Å². The number of halogens is 2. The summed E-state index contributed by atoms with van der Waals surface area (Å²) in [4.78, 5) is 17.0. The molecule has 2 aromatic rings. The maximum atomic E-state index is 11.6. The second-order valence-electron chi connectivity index (χ2n) is 5.24. The molecule has 1 amide bonds. The minimum atomic E-state index is 0.0524. The Morgan fingerprint density at radius 1 is 1.29 bits per heavy atom. The molecule has 0 fully saturated rings. The van der Waals surface area contributed by atoms with Gasteiger partial charge in [-0.3, -0.25) is 4.79 Å². The number of carbonyl (C=O) groups excluding carboxylic acids is 1. The highest BCUT2D eigenvalue weighted by Crippen LogP contribution is 2.33. The summed E-state index contributed by atoms with van der Waals surface area (Å²) in [6, 6.07) is 8.78. The Balaban J connectivity index is 2.15. The fourth-order valence-electron chi connectivity index (χ4n) is 1.98. The van der Waals surface area contributed by atoms with Crippen LogP contribution in [0.4, 0.5) is 0 Å². The first-order valence-electron chi connectivity index (χ1n) is 7.13. The van der Waals surface area contributed by atoms with Crippen LogP contribution in [0, 0.1) is 11.3 Å². The molecular formula is C17H15Cl2N3O2. The normalized spacial score (nSPS) is 10.1. The summed E-state index contributed by atoms with van der Waals surface area (Å²) >= 11 is 12.1. The molecule has 0 aliphatic carbocycles. The quantitative estimate of drug-likeness (QED) is 0.750. The van der Waals surface area contributed by atoms with E-state index >= 15 is 0 Å². The smallest absolute Gasteiger partial charge is 0.222 e. The third-order valence-electron chi connectivity index (χ3n) is 3.32. The molecule has 1 heterocycles. The number of hydrogen-bond donors (Lipinski definition) is 0. The third kappa shape index (κ3) is 4.38. The van der Waals surface area contributed by atoms with Crippen molar-refractivity contribution in [1.82, 2.24) is 9.88 Å². The van der Waals surface area contributed by atoms with Crippen molar-refractivity contribution in [3.63, 3.8) is 0 Å². The molecule has 0 aliphatic heterocycles. The molecule has 0 N–H and O–H groups in total. The van der Waals surface area contributed by atoms with Gasteiger partial charge in [0.25, 0.3) is 0 Å². The fourth-order valence-corrected chi connectivity index (χ4v) is 2.42. The Bertz CT molecular complexity index is 801. The van der Waals surface area contributed by atoms with Gasteiger partial charge in [0.05, 0.1) is 5.02 Å². The van der Waals surface area contributed by atoms with Crippen LogP contribution in [0.5, 0.6) is 11.5 Å². The van der Waals surface area contributed by atoms with E-state index in [-0.39, 0.29) is 22.4 Å². The van der Waals surface area contributed by atoms with Crippen molar-refractivity contribution in [2.45, 2.75) is 12.8 Å². The van der Waals surface area contributed by atoms with Gasteiger partial charge in [-0.2, -0.15) is 5.26 Å². The van der Waals surface area contributed by atoms with Gasteiger partial charge >= 0.3 is 0 Å². The monoisotopic (exact) mass is 363 g/mol. The molecule has 24 heavy (non-hydrogen) atoms. The number of rotatable bonds is 5. The zero-order valence-corrected chi connectivity index (χ0v) is 14.7. The number of pyridine rings is 1. The van der Waals surface area contributed by atoms with E-state index < -0.39 is 0 Å². The van der Waals surface area contributed by atoms with Gasteiger partial charge in [0, 0.05) is 32.8 Å². The lowest BCUT2D eigenvalue weighted by atomic mass is 10.1. The molecule has 1 aromatic carbocycles. The number of aromatic nitrogens is 1. The summed E-state index contributed by atoms with van der Waals surface area (Å²) in [6.45, 7) is 0. The van der Waals surface area contributed by atoms with Crippen molar-refractivity contribution in [2.24, 2.45) is 0 Å². The van der Waals surface area contributed by atoms with Gasteiger partial charge in [0.1, 0.15) is 23.1 Å². The van der Waals surface area contributed by atoms with Crippen molar-refractivity contribution >= 4 is 29.1 Å². The minimum Gasteiger partial charge on any atom is -0.454 e. The minimum absolute atomic E-state index is 0.0524. The number of hydrogen-bond acceptors (Lipinski definition) is 4. The molecule has 1 aromatic heterocycles. The second-order valence-corrected chi connectivity index (χ2v) is 6.01. The van der Waals surface area contributed by atoms with Crippen molar-refractivity contribution in [1.29, 1.82) is 5.26 Å². The number of nitrogens with zero attached hydrogens (tertiary/aromatic N) is 3. The van der Waals surface area contributed by atoms with Crippen LogP contribution < -0.4 is 4.74 Å². The molecule has 2 rings (SSSR count). The standard InChI is InChI=1S/C17H15Cl2N3O2/c1-22(2)16(23)6-4-11-3-5-15(13(18)9-11)24-14-7-8-21-17(19)12(14)10-20/h3,5,7-9H,4,6H2,1-2H3. The molecule has 0 saturated carbocycles. The number of ether oxygens (including phenoxy) is 1. The zero-order chi connectivity index (χ0) is 17.7. The number of carbonyl (C=O) groups is 1. The Kier molecular flexibility index (Phi) is 6.02. The summed E-state index contributed by atoms with van der Waals surface area (Å²) in [5.41, 5.74) is 1.08. The Labute approximate surface area is 150 Å². The molecule has 0 bridgehead atoms. The van der Waals surface area contributed by atoms with Crippen LogP contribution in [0.2, 0.25) is 10.2 Å². The summed E-state index contributed by atoms with van der Waals surface area (Å²) < 4.78 is 5.68. The first kappa shape index (κ1) is 18.1. The molecule has 7 heteroatoms. The summed E-state index contributed by atoms with van der Waals surface area (Å²) in [5.74, 6) is 0.740. The average molecular weight is 364 g/mol. The molecule has 0 spiro atoms. The molecule has 0 saturated heterocycles. The van der Waals surface area contributed by atoms with Gasteiger partial charge in [-0.05, 0) is 24.1 Å². The van der Waals surface area contributed by atoms with E-state index in [0.717, 1.165) is 5.56 Å². The summed E-state index contributed by atoms with van der Waals surface area (Å²) in [7, 11) is 3.44. The van der Waals surface area contributed by atoms with Crippen LogP contribution in [0.1, 0.15) is 17.5 Å². The van der Waals surface area contributed by atoms with Gasteiger partial charge in [-0.15, -0.1) is 0 Å². The average Bonchev–Trinajstić information content (AvgIpc) is 2.55. The molecule has 5 nitrogen and oxygen atoms in total. The van der Waals surface area contributed by atoms with E-state index in [1.54, 1.807) is 37.2 Å². The second kappa shape index (κ2) is 8.00. The van der Waals surface area contributed by atoms with Crippen molar-refractivity contribution in [3.05, 3.63) is 51.8 Å². The highest BCUT2D eigenvalue weighted by Gasteiger charge is 2.12. The van der Waals surface area contributed by atoms with Crippen LogP contribution in [0.15, 0.2) is 30.5 Å². The predicted octanol–water partition coefficient (Wildman–Crippen LogP) is 4.07. The van der Waals surface area contributed by atoms with Crippen LogP contribution in [0.25, 0.3) is 0 Å². The van der Waals surface area contributed by atoms with Crippen molar-refractivity contribution in [2.75, 3.05) is 14.1 Å². The lowest BCUT2D eigenvalue weighted by Gasteiger charge is -2.12. The molecule has 0 radical (unpaired) electrons.